The molecule has 1 unspecified atom stereocenters. The van der Waals surface area contributed by atoms with Crippen LogP contribution in [0, 0.1) is 11.6 Å². The van der Waals surface area contributed by atoms with E-state index in [-0.39, 0.29) is 11.7 Å². The van der Waals surface area contributed by atoms with Gasteiger partial charge in [-0.25, -0.2) is 13.6 Å². The fourth-order valence-corrected chi connectivity index (χ4v) is 5.89. The molecule has 1 N–H and O–H groups in total. The Balaban J connectivity index is 1.86. The van der Waals surface area contributed by atoms with Crippen molar-refractivity contribution in [3.63, 3.8) is 0 Å². The molecule has 2 aliphatic heterocycles. The van der Waals surface area contributed by atoms with Gasteiger partial charge in [0.05, 0.1) is 5.52 Å². The molecule has 1 aromatic heterocycles. The third-order valence-electron chi connectivity index (χ3n) is 6.20. The van der Waals surface area contributed by atoms with Gasteiger partial charge in [-0.15, -0.1) is 11.8 Å². The predicted octanol–water partition coefficient (Wildman–Crippen LogP) is 3.81. The predicted molar refractivity (Wildman–Crippen MR) is 121 cm³/mol. The first-order valence-electron chi connectivity index (χ1n) is 10.7. The largest absolute Gasteiger partial charge is 0.351 e. The lowest BCUT2D eigenvalue weighted by Gasteiger charge is -2.36. The smallest absolute Gasteiger partial charge is 0.350 e. The van der Waals surface area contributed by atoms with Gasteiger partial charge in [-0.1, -0.05) is 6.92 Å². The molecule has 0 radical (unpaired) electrons. The van der Waals surface area contributed by atoms with E-state index in [2.05, 4.69) is 28.2 Å². The highest BCUT2D eigenvalue weighted by Gasteiger charge is 2.28. The van der Waals surface area contributed by atoms with Crippen molar-refractivity contribution in [2.75, 3.05) is 30.3 Å². The van der Waals surface area contributed by atoms with Crippen LogP contribution < -0.4 is 15.9 Å². The van der Waals surface area contributed by atoms with E-state index in [1.807, 2.05) is 6.92 Å². The van der Waals surface area contributed by atoms with E-state index >= 15 is 0 Å². The van der Waals surface area contributed by atoms with Crippen molar-refractivity contribution in [1.29, 1.82) is 0 Å². The highest BCUT2D eigenvalue weighted by molar-refractivity contribution is 7.99. The lowest BCUT2D eigenvalue weighted by atomic mass is 9.94. The van der Waals surface area contributed by atoms with Gasteiger partial charge in [-0.3, -0.25) is 4.57 Å². The molecule has 31 heavy (non-hydrogen) atoms. The van der Waals surface area contributed by atoms with Crippen LogP contribution in [-0.4, -0.2) is 41.0 Å². The summed E-state index contributed by atoms with van der Waals surface area (Å²) in [6.07, 6.45) is 0.686. The second-order valence-corrected chi connectivity index (χ2v) is 9.18. The average molecular weight is 443 g/mol. The maximum Gasteiger partial charge on any atom is 0.350 e. The van der Waals surface area contributed by atoms with Crippen LogP contribution in [0.2, 0.25) is 0 Å². The zero-order valence-electron chi connectivity index (χ0n) is 17.5. The van der Waals surface area contributed by atoms with Gasteiger partial charge in [-0.2, -0.15) is 4.98 Å². The monoisotopic (exact) mass is 442 g/mol. The van der Waals surface area contributed by atoms with Crippen molar-refractivity contribution in [2.24, 2.45) is 0 Å². The number of nitrogens with one attached hydrogen (secondary N) is 1. The third-order valence-corrected chi connectivity index (χ3v) is 7.27. The van der Waals surface area contributed by atoms with E-state index < -0.39 is 11.6 Å². The quantitative estimate of drug-likeness (QED) is 0.669. The normalized spacial score (nSPS) is 18.6. The molecule has 8 heteroatoms. The van der Waals surface area contributed by atoms with E-state index in [4.69, 9.17) is 0 Å². The Bertz CT molecular complexity index is 1240. The summed E-state index contributed by atoms with van der Waals surface area (Å²) in [5.74, 6) is 0.221. The summed E-state index contributed by atoms with van der Waals surface area (Å²) in [7, 11) is 0. The second kappa shape index (κ2) is 7.91. The molecule has 1 fully saturated rings. The molecule has 0 aliphatic carbocycles. The molecule has 3 aromatic rings. The Labute approximate surface area is 183 Å². The van der Waals surface area contributed by atoms with Gasteiger partial charge in [0.15, 0.2) is 0 Å². The topological polar surface area (TPSA) is 50.2 Å². The summed E-state index contributed by atoms with van der Waals surface area (Å²) in [5.41, 5.74) is 2.64. The van der Waals surface area contributed by atoms with E-state index in [1.54, 1.807) is 16.3 Å². The number of piperazine rings is 1. The molecular formula is C23H24F2N4OS. The van der Waals surface area contributed by atoms with Crippen LogP contribution >= 0.6 is 11.8 Å². The molecule has 3 heterocycles. The molecule has 162 valence electrons. The van der Waals surface area contributed by atoms with Crippen LogP contribution in [0.15, 0.2) is 34.0 Å². The number of hydrogen-bond donors (Lipinski definition) is 1. The van der Waals surface area contributed by atoms with E-state index in [9.17, 15) is 13.6 Å². The summed E-state index contributed by atoms with van der Waals surface area (Å²) in [4.78, 5) is 20.6. The lowest BCUT2D eigenvalue weighted by Crippen LogP contribution is -2.51. The number of halogens is 2. The Morgan fingerprint density at radius 1 is 1.26 bits per heavy atom. The molecule has 0 amide bonds. The molecule has 0 spiro atoms. The highest BCUT2D eigenvalue weighted by Crippen LogP contribution is 2.44. The number of rotatable bonds is 3. The molecule has 1 saturated heterocycles. The number of aromatic nitrogens is 2. The summed E-state index contributed by atoms with van der Waals surface area (Å²) in [6.45, 7) is 7.14. The number of hydrogen-bond acceptors (Lipinski definition) is 5. The summed E-state index contributed by atoms with van der Waals surface area (Å²) in [5, 5.41) is 4.31. The molecule has 0 saturated carbocycles. The van der Waals surface area contributed by atoms with Crippen molar-refractivity contribution in [3.05, 3.63) is 51.9 Å². The van der Waals surface area contributed by atoms with Gasteiger partial charge < -0.3 is 10.2 Å². The van der Waals surface area contributed by atoms with Crippen LogP contribution in [-0.2, 0) is 13.0 Å². The number of aryl methyl sites for hydroxylation is 2. The van der Waals surface area contributed by atoms with E-state index in [1.165, 1.54) is 12.1 Å². The van der Waals surface area contributed by atoms with Crippen LogP contribution in [0.3, 0.4) is 0 Å². The zero-order chi connectivity index (χ0) is 21.7. The molecule has 5 nitrogen and oxygen atoms in total. The van der Waals surface area contributed by atoms with Crippen LogP contribution in [0.25, 0.3) is 22.0 Å². The van der Waals surface area contributed by atoms with Gasteiger partial charge in [0.25, 0.3) is 0 Å². The average Bonchev–Trinajstić information content (AvgIpc) is 2.76. The van der Waals surface area contributed by atoms with Gasteiger partial charge in [0, 0.05) is 65.4 Å². The van der Waals surface area contributed by atoms with Crippen molar-refractivity contribution in [2.45, 2.75) is 37.8 Å². The summed E-state index contributed by atoms with van der Waals surface area (Å²) >= 11 is 1.63. The number of anilines is 1. The zero-order valence-corrected chi connectivity index (χ0v) is 18.4. The van der Waals surface area contributed by atoms with Crippen molar-refractivity contribution in [3.8, 4) is 11.1 Å². The highest BCUT2D eigenvalue weighted by atomic mass is 32.2. The molecule has 0 bridgehead atoms. The number of nitrogens with zero attached hydrogens (tertiary/aromatic N) is 3. The number of benzene rings is 2. The molecule has 5 rings (SSSR count). The molecule has 2 aromatic carbocycles. The fraction of sp³-hybridized carbons (Fsp3) is 0.391. The Kier molecular flexibility index (Phi) is 5.22. The van der Waals surface area contributed by atoms with Gasteiger partial charge in [-0.05, 0) is 37.1 Å². The number of thioether (sulfide) groups is 1. The first-order valence-corrected chi connectivity index (χ1v) is 11.6. The second-order valence-electron chi connectivity index (χ2n) is 8.08. The minimum Gasteiger partial charge on any atom is -0.351 e. The van der Waals surface area contributed by atoms with E-state index in [0.29, 0.717) is 30.1 Å². The Morgan fingerprint density at radius 2 is 2.10 bits per heavy atom. The van der Waals surface area contributed by atoms with Gasteiger partial charge >= 0.3 is 5.69 Å². The SMILES string of the molecule is CCc1cc2c(N3CCNCC3C)nc(=O)n3c2c(c1-c1ccc(F)cc1F)SCC3. The van der Waals surface area contributed by atoms with Crippen molar-refractivity contribution in [1.82, 2.24) is 14.9 Å². The van der Waals surface area contributed by atoms with Crippen molar-refractivity contribution >= 4 is 28.5 Å². The van der Waals surface area contributed by atoms with Crippen LogP contribution in [0.5, 0.6) is 0 Å². The maximum atomic E-state index is 14.8. The van der Waals surface area contributed by atoms with Crippen molar-refractivity contribution < 1.29 is 8.78 Å². The minimum absolute atomic E-state index is 0.207. The summed E-state index contributed by atoms with van der Waals surface area (Å²) in [6, 6.07) is 5.97. The standard InChI is InChI=1S/C23H24F2N4OS/c1-3-14-10-17-20-21(19(14)16-5-4-15(24)11-18(16)25)31-9-8-29(20)23(30)27-22(17)28-7-6-26-12-13(28)2/h4-5,10-11,13,26H,3,6-9,12H2,1-2H3. The van der Waals surface area contributed by atoms with Crippen LogP contribution in [0.4, 0.5) is 14.6 Å². The molecule has 1 atom stereocenters. The lowest BCUT2D eigenvalue weighted by molar-refractivity contribution is 0.497. The third kappa shape index (κ3) is 3.32. The van der Waals surface area contributed by atoms with Gasteiger partial charge in [0.1, 0.15) is 17.5 Å². The van der Waals surface area contributed by atoms with Gasteiger partial charge in [0.2, 0.25) is 0 Å². The first kappa shape index (κ1) is 20.5. The molecule has 2 aliphatic rings. The first-order chi connectivity index (χ1) is 15.0. The molecular weight excluding hydrogens is 418 g/mol. The Hall–Kier alpha value is -2.45. The van der Waals surface area contributed by atoms with E-state index in [0.717, 1.165) is 52.6 Å². The minimum atomic E-state index is -0.600. The maximum absolute atomic E-state index is 14.8. The Morgan fingerprint density at radius 3 is 2.84 bits per heavy atom. The van der Waals surface area contributed by atoms with Crippen LogP contribution in [0.1, 0.15) is 19.4 Å². The fourth-order valence-electron chi connectivity index (χ4n) is 4.67. The summed E-state index contributed by atoms with van der Waals surface area (Å²) < 4.78 is 30.1.